The summed E-state index contributed by atoms with van der Waals surface area (Å²) in [5.41, 5.74) is 0.0315. The summed E-state index contributed by atoms with van der Waals surface area (Å²) in [4.78, 5) is 19.7. The van der Waals surface area contributed by atoms with Crippen LogP contribution in [-0.2, 0) is 0 Å². The second kappa shape index (κ2) is 5.22. The van der Waals surface area contributed by atoms with Crippen molar-refractivity contribution in [2.45, 2.75) is 0 Å². The highest BCUT2D eigenvalue weighted by molar-refractivity contribution is 9.10. The number of hydrogen-bond acceptors (Lipinski definition) is 4. The molecule has 4 nitrogen and oxygen atoms in total. The molecule has 0 aliphatic heterocycles. The van der Waals surface area contributed by atoms with Crippen molar-refractivity contribution in [3.05, 3.63) is 52.1 Å². The lowest BCUT2D eigenvalue weighted by Gasteiger charge is -2.04. The Balaban J connectivity index is 2.44. The number of ketones is 1. The summed E-state index contributed by atoms with van der Waals surface area (Å²) < 4.78 is 19.1. The van der Waals surface area contributed by atoms with Crippen molar-refractivity contribution in [2.75, 3.05) is 7.11 Å². The minimum absolute atomic E-state index is 0.0508. The highest BCUT2D eigenvalue weighted by atomic mass is 79.9. The Kier molecular flexibility index (Phi) is 3.66. The van der Waals surface area contributed by atoms with E-state index in [1.807, 2.05) is 0 Å². The van der Waals surface area contributed by atoms with Gasteiger partial charge in [-0.15, -0.1) is 0 Å². The van der Waals surface area contributed by atoms with Crippen molar-refractivity contribution in [2.24, 2.45) is 0 Å². The Morgan fingerprint density at radius 2 is 2.11 bits per heavy atom. The van der Waals surface area contributed by atoms with Gasteiger partial charge in [-0.3, -0.25) is 4.79 Å². The molecule has 0 radical (unpaired) electrons. The summed E-state index contributed by atoms with van der Waals surface area (Å²) in [5.74, 6) is -0.862. The van der Waals surface area contributed by atoms with Crippen molar-refractivity contribution >= 4 is 21.7 Å². The number of hydrogen-bond donors (Lipinski definition) is 0. The minimum atomic E-state index is -0.597. The molecule has 0 spiro atoms. The Morgan fingerprint density at radius 1 is 1.33 bits per heavy atom. The molecule has 0 atom stereocenters. The van der Waals surface area contributed by atoms with E-state index >= 15 is 0 Å². The van der Waals surface area contributed by atoms with Gasteiger partial charge in [-0.05, 0) is 18.2 Å². The molecule has 6 heteroatoms. The van der Waals surface area contributed by atoms with Crippen molar-refractivity contribution in [1.29, 1.82) is 0 Å². The van der Waals surface area contributed by atoms with Gasteiger partial charge in [0.05, 0.1) is 12.7 Å². The van der Waals surface area contributed by atoms with Gasteiger partial charge in [0.1, 0.15) is 17.8 Å². The lowest BCUT2D eigenvalue weighted by molar-refractivity contribution is 0.103. The molecular weight excluding hydrogens is 303 g/mol. The van der Waals surface area contributed by atoms with Gasteiger partial charge in [-0.25, -0.2) is 14.4 Å². The van der Waals surface area contributed by atoms with E-state index in [2.05, 4.69) is 25.9 Å². The van der Waals surface area contributed by atoms with Crippen LogP contribution in [0.3, 0.4) is 0 Å². The molecule has 0 aliphatic rings. The van der Waals surface area contributed by atoms with E-state index in [1.165, 1.54) is 37.7 Å². The summed E-state index contributed by atoms with van der Waals surface area (Å²) >= 11 is 3.19. The Morgan fingerprint density at radius 3 is 2.83 bits per heavy atom. The molecule has 0 fully saturated rings. The van der Waals surface area contributed by atoms with E-state index < -0.39 is 11.6 Å². The molecule has 1 heterocycles. The number of halogens is 2. The van der Waals surface area contributed by atoms with Crippen LogP contribution in [0.25, 0.3) is 0 Å². The Labute approximate surface area is 111 Å². The monoisotopic (exact) mass is 310 g/mol. The van der Waals surface area contributed by atoms with Crippen LogP contribution < -0.4 is 4.74 Å². The van der Waals surface area contributed by atoms with Crippen molar-refractivity contribution < 1.29 is 13.9 Å². The maximum atomic E-state index is 13.6. The lowest BCUT2D eigenvalue weighted by atomic mass is 10.1. The molecule has 0 amide bonds. The first-order valence-electron chi connectivity index (χ1n) is 4.97. The van der Waals surface area contributed by atoms with Crippen LogP contribution in [0.1, 0.15) is 16.1 Å². The summed E-state index contributed by atoms with van der Waals surface area (Å²) in [6.07, 6.45) is 1.20. The summed E-state index contributed by atoms with van der Waals surface area (Å²) in [5, 5.41) is 0. The first-order chi connectivity index (χ1) is 8.61. The first kappa shape index (κ1) is 12.6. The minimum Gasteiger partial charge on any atom is -0.481 e. The maximum Gasteiger partial charge on any atom is 0.216 e. The zero-order valence-corrected chi connectivity index (χ0v) is 10.9. The quantitative estimate of drug-likeness (QED) is 0.818. The van der Waals surface area contributed by atoms with Gasteiger partial charge in [0.2, 0.25) is 11.7 Å². The van der Waals surface area contributed by atoms with Gasteiger partial charge < -0.3 is 4.74 Å². The van der Waals surface area contributed by atoms with Gasteiger partial charge in [0.25, 0.3) is 0 Å². The summed E-state index contributed by atoms with van der Waals surface area (Å²) in [6.45, 7) is 0. The number of benzene rings is 1. The smallest absolute Gasteiger partial charge is 0.216 e. The van der Waals surface area contributed by atoms with E-state index in [0.717, 1.165) is 0 Å². The average molecular weight is 311 g/mol. The van der Waals surface area contributed by atoms with E-state index in [-0.39, 0.29) is 17.1 Å². The maximum absolute atomic E-state index is 13.6. The van der Waals surface area contributed by atoms with Crippen LogP contribution >= 0.6 is 15.9 Å². The molecule has 0 aliphatic carbocycles. The van der Waals surface area contributed by atoms with Gasteiger partial charge in [0.15, 0.2) is 0 Å². The van der Waals surface area contributed by atoms with Crippen LogP contribution in [0, 0.1) is 5.82 Å². The van der Waals surface area contributed by atoms with Crippen molar-refractivity contribution in [3.63, 3.8) is 0 Å². The molecule has 2 rings (SSSR count). The molecular formula is C12H8BrFN2O2. The molecule has 0 bridgehead atoms. The predicted molar refractivity (Wildman–Crippen MR) is 66.1 cm³/mol. The number of nitrogens with zero attached hydrogens (tertiary/aromatic N) is 2. The van der Waals surface area contributed by atoms with Crippen LogP contribution in [0.15, 0.2) is 35.1 Å². The number of rotatable bonds is 3. The highest BCUT2D eigenvalue weighted by Crippen LogP contribution is 2.19. The zero-order chi connectivity index (χ0) is 13.1. The fourth-order valence-corrected chi connectivity index (χ4v) is 1.75. The third-order valence-electron chi connectivity index (χ3n) is 2.26. The number of carbonyl (C=O) groups is 1. The summed E-state index contributed by atoms with van der Waals surface area (Å²) in [6, 6.07) is 5.51. The standard InChI is InChI=1S/C12H8BrFN2O2/c1-18-11-5-10(15-6-16-11)12(17)8-4-7(13)2-3-9(8)14/h2-6H,1H3. The van der Waals surface area contributed by atoms with Gasteiger partial charge in [0, 0.05) is 10.5 Å². The van der Waals surface area contributed by atoms with Crippen LogP contribution in [0.2, 0.25) is 0 Å². The van der Waals surface area contributed by atoms with Crippen molar-refractivity contribution in [1.82, 2.24) is 9.97 Å². The third-order valence-corrected chi connectivity index (χ3v) is 2.75. The second-order valence-electron chi connectivity index (χ2n) is 3.40. The van der Waals surface area contributed by atoms with Crippen LogP contribution in [-0.4, -0.2) is 22.9 Å². The van der Waals surface area contributed by atoms with Gasteiger partial charge in [-0.2, -0.15) is 0 Å². The second-order valence-corrected chi connectivity index (χ2v) is 4.31. The fraction of sp³-hybridized carbons (Fsp3) is 0.0833. The average Bonchev–Trinajstić information content (AvgIpc) is 2.41. The van der Waals surface area contributed by atoms with Gasteiger partial charge in [-0.1, -0.05) is 15.9 Å². The zero-order valence-electron chi connectivity index (χ0n) is 9.35. The largest absolute Gasteiger partial charge is 0.481 e. The van der Waals surface area contributed by atoms with E-state index in [4.69, 9.17) is 4.74 Å². The molecule has 2 aromatic rings. The first-order valence-corrected chi connectivity index (χ1v) is 5.77. The third kappa shape index (κ3) is 2.53. The Hall–Kier alpha value is -1.82. The van der Waals surface area contributed by atoms with E-state index in [1.54, 1.807) is 0 Å². The van der Waals surface area contributed by atoms with Crippen molar-refractivity contribution in [3.8, 4) is 5.88 Å². The molecule has 18 heavy (non-hydrogen) atoms. The number of ether oxygens (including phenoxy) is 1. The lowest BCUT2D eigenvalue weighted by Crippen LogP contribution is -2.07. The summed E-state index contributed by atoms with van der Waals surface area (Å²) in [7, 11) is 1.43. The normalized spacial score (nSPS) is 10.2. The molecule has 0 saturated carbocycles. The predicted octanol–water partition coefficient (Wildman–Crippen LogP) is 2.62. The van der Waals surface area contributed by atoms with E-state index in [9.17, 15) is 9.18 Å². The molecule has 0 N–H and O–H groups in total. The Bertz CT molecular complexity index is 604. The van der Waals surface area contributed by atoms with Crippen LogP contribution in [0.4, 0.5) is 4.39 Å². The number of aromatic nitrogens is 2. The number of carbonyl (C=O) groups excluding carboxylic acids is 1. The molecule has 0 unspecified atom stereocenters. The molecule has 1 aromatic heterocycles. The molecule has 0 saturated heterocycles. The highest BCUT2D eigenvalue weighted by Gasteiger charge is 2.16. The number of methoxy groups -OCH3 is 1. The SMILES string of the molecule is COc1cc(C(=O)c2cc(Br)ccc2F)ncn1. The molecule has 92 valence electrons. The topological polar surface area (TPSA) is 52.1 Å². The van der Waals surface area contributed by atoms with E-state index in [0.29, 0.717) is 4.47 Å². The van der Waals surface area contributed by atoms with Crippen LogP contribution in [0.5, 0.6) is 5.88 Å². The fourth-order valence-electron chi connectivity index (χ4n) is 1.38. The molecule has 1 aromatic carbocycles. The van der Waals surface area contributed by atoms with Gasteiger partial charge >= 0.3 is 0 Å².